The first-order valence-electron chi connectivity index (χ1n) is 22.9. The van der Waals surface area contributed by atoms with E-state index in [-0.39, 0.29) is 72.5 Å². The number of carboxylic acid groups (broad SMARTS) is 1. The van der Waals surface area contributed by atoms with Gasteiger partial charge in [-0.15, -0.1) is 0 Å². The van der Waals surface area contributed by atoms with Crippen LogP contribution in [0.1, 0.15) is 117 Å². The molecule has 348 valence electrons. The molecule has 3 aliphatic rings. The lowest BCUT2D eigenvalue weighted by Crippen LogP contribution is -2.60. The number of ketones is 1. The van der Waals surface area contributed by atoms with Gasteiger partial charge in [0.05, 0.1) is 43.2 Å². The van der Waals surface area contributed by atoms with E-state index in [1.54, 1.807) is 28.7 Å². The molecule has 0 unspecified atom stereocenters. The van der Waals surface area contributed by atoms with Gasteiger partial charge in [-0.25, -0.2) is 5.90 Å². The Bertz CT molecular complexity index is 1650. The van der Waals surface area contributed by atoms with Crippen molar-refractivity contribution in [2.24, 2.45) is 35.5 Å². The van der Waals surface area contributed by atoms with E-state index in [2.05, 4.69) is 10.2 Å². The summed E-state index contributed by atoms with van der Waals surface area (Å²) in [4.78, 5) is 92.3. The van der Waals surface area contributed by atoms with Crippen molar-refractivity contribution < 1.29 is 48.2 Å². The van der Waals surface area contributed by atoms with Gasteiger partial charge < -0.3 is 39.4 Å². The van der Waals surface area contributed by atoms with Gasteiger partial charge in [-0.3, -0.25) is 28.8 Å². The van der Waals surface area contributed by atoms with E-state index >= 15 is 0 Å². The number of nitrogens with one attached hydrogen (secondary N) is 1. The van der Waals surface area contributed by atoms with E-state index < -0.39 is 54.2 Å². The number of carbonyl (C=O) groups is 6. The van der Waals surface area contributed by atoms with E-state index in [9.17, 15) is 33.9 Å². The van der Waals surface area contributed by atoms with E-state index in [0.29, 0.717) is 45.3 Å². The van der Waals surface area contributed by atoms with Crippen molar-refractivity contribution in [3.05, 3.63) is 35.9 Å². The lowest BCUT2D eigenvalue weighted by Gasteiger charge is -2.41. The van der Waals surface area contributed by atoms with Gasteiger partial charge in [0.15, 0.2) is 0 Å². The van der Waals surface area contributed by atoms with Gasteiger partial charge in [0, 0.05) is 52.6 Å². The zero-order chi connectivity index (χ0) is 45.7. The summed E-state index contributed by atoms with van der Waals surface area (Å²) in [6.07, 6.45) is 5.78. The summed E-state index contributed by atoms with van der Waals surface area (Å²) in [5.74, 6) is 1.16. The summed E-state index contributed by atoms with van der Waals surface area (Å²) < 4.78 is 12.0. The number of fused-ring (bicyclic) bond motifs is 2. The Morgan fingerprint density at radius 2 is 1.65 bits per heavy atom. The van der Waals surface area contributed by atoms with Gasteiger partial charge in [-0.2, -0.15) is 0 Å². The maximum Gasteiger partial charge on any atom is 0.307 e. The Morgan fingerprint density at radius 1 is 0.935 bits per heavy atom. The predicted octanol–water partition coefficient (Wildman–Crippen LogP) is 4.78. The summed E-state index contributed by atoms with van der Waals surface area (Å²) in [7, 11) is 4.76. The predicted molar refractivity (Wildman–Crippen MR) is 234 cm³/mol. The minimum Gasteiger partial charge on any atom is -0.481 e. The smallest absolute Gasteiger partial charge is 0.307 e. The molecule has 1 aromatic carbocycles. The van der Waals surface area contributed by atoms with Gasteiger partial charge in [-0.05, 0) is 74.7 Å². The van der Waals surface area contributed by atoms with E-state index in [1.807, 2.05) is 58.0 Å². The molecule has 2 aliphatic heterocycles. The summed E-state index contributed by atoms with van der Waals surface area (Å²) in [5, 5.41) is 13.1. The third-order valence-corrected chi connectivity index (χ3v) is 14.0. The molecule has 4 amide bonds. The number of piperidine rings is 1. The van der Waals surface area contributed by atoms with Crippen LogP contribution in [0.5, 0.6) is 0 Å². The molecule has 1 aliphatic carbocycles. The summed E-state index contributed by atoms with van der Waals surface area (Å²) in [5.41, 5.74) is 0.838. The van der Waals surface area contributed by atoms with Gasteiger partial charge in [-0.1, -0.05) is 77.8 Å². The van der Waals surface area contributed by atoms with Crippen LogP contribution in [0.25, 0.3) is 0 Å². The highest BCUT2D eigenvalue weighted by atomic mass is 16.6. The Labute approximate surface area is 369 Å². The lowest BCUT2D eigenvalue weighted by molar-refractivity contribution is -0.149. The highest BCUT2D eigenvalue weighted by Gasteiger charge is 2.52. The average Bonchev–Trinajstić information content (AvgIpc) is 4.03. The molecule has 11 atom stereocenters. The maximum atomic E-state index is 14.6. The van der Waals surface area contributed by atoms with Gasteiger partial charge >= 0.3 is 5.97 Å². The van der Waals surface area contributed by atoms with Crippen LogP contribution in [-0.4, -0.2) is 132 Å². The molecule has 15 heteroatoms. The molecule has 2 saturated heterocycles. The number of nitrogens with zero attached hydrogens (tertiary/aromatic N) is 3. The lowest BCUT2D eigenvalue weighted by atomic mass is 9.85. The van der Waals surface area contributed by atoms with Crippen LogP contribution in [0, 0.1) is 29.6 Å². The number of aliphatic carboxylic acids is 1. The second-order valence-corrected chi connectivity index (χ2v) is 18.4. The van der Waals surface area contributed by atoms with Gasteiger partial charge in [0.2, 0.25) is 23.6 Å². The number of benzene rings is 1. The molecule has 4 rings (SSSR count). The SMILES string of the molecule is CC[C@H](C)[C@@H]([C@@H](CC(=O)N1CCC[C@H]1[C@H](OC)[C@@H](C)C(=O)C[C@@H](Cc1ccccc1)C(=O)O)OC)N(C)C(=O)[C@@H](NC(=O)[C@@H]1[C@H]2CC[C@@H](C2)N1C(=O)CCCCCON)C(C)C. The third kappa shape index (κ3) is 12.6. The fourth-order valence-corrected chi connectivity index (χ4v) is 10.3. The molecular weight excluding hydrogens is 795 g/mol. The second kappa shape index (κ2) is 24.2. The van der Waals surface area contributed by atoms with Crippen molar-refractivity contribution in [1.29, 1.82) is 0 Å². The van der Waals surface area contributed by atoms with Crippen LogP contribution < -0.4 is 11.2 Å². The number of amides is 4. The monoisotopic (exact) mass is 870 g/mol. The van der Waals surface area contributed by atoms with Crippen molar-refractivity contribution >= 4 is 35.4 Å². The fraction of sp³-hybridized carbons (Fsp3) is 0.745. The molecule has 2 bridgehead atoms. The number of hydrogen-bond acceptors (Lipinski definition) is 10. The summed E-state index contributed by atoms with van der Waals surface area (Å²) in [6, 6.07) is 6.82. The number of carbonyl (C=O) groups excluding carboxylic acids is 5. The molecule has 3 fully saturated rings. The normalized spacial score (nSPS) is 23.1. The van der Waals surface area contributed by atoms with Crippen molar-refractivity contribution in [2.75, 3.05) is 34.4 Å². The fourth-order valence-electron chi connectivity index (χ4n) is 10.3. The van der Waals surface area contributed by atoms with Crippen LogP contribution in [-0.2, 0) is 49.5 Å². The largest absolute Gasteiger partial charge is 0.481 e. The molecule has 2 heterocycles. The van der Waals surface area contributed by atoms with Crippen molar-refractivity contribution in [3.8, 4) is 0 Å². The number of rotatable bonds is 26. The Morgan fingerprint density at radius 3 is 2.26 bits per heavy atom. The molecule has 1 saturated carbocycles. The first-order valence-corrected chi connectivity index (χ1v) is 22.9. The molecule has 1 aromatic rings. The Hall–Kier alpha value is -3.92. The van der Waals surface area contributed by atoms with Crippen molar-refractivity contribution in [1.82, 2.24) is 20.0 Å². The van der Waals surface area contributed by atoms with E-state index in [4.69, 9.17) is 15.4 Å². The first-order chi connectivity index (χ1) is 29.6. The first kappa shape index (κ1) is 50.7. The van der Waals surface area contributed by atoms with Crippen LogP contribution in [0.15, 0.2) is 30.3 Å². The summed E-state index contributed by atoms with van der Waals surface area (Å²) >= 11 is 0. The highest BCUT2D eigenvalue weighted by molar-refractivity contribution is 5.93. The topological polar surface area (TPSA) is 198 Å². The molecule has 4 N–H and O–H groups in total. The third-order valence-electron chi connectivity index (χ3n) is 14.0. The highest BCUT2D eigenvalue weighted by Crippen LogP contribution is 2.43. The summed E-state index contributed by atoms with van der Waals surface area (Å²) in [6.45, 7) is 10.4. The van der Waals surface area contributed by atoms with Crippen molar-refractivity contribution in [2.45, 2.75) is 161 Å². The minimum atomic E-state index is -1.04. The number of ether oxygens (including phenoxy) is 2. The van der Waals surface area contributed by atoms with Crippen molar-refractivity contribution in [3.63, 3.8) is 0 Å². The van der Waals surface area contributed by atoms with Crippen LogP contribution in [0.4, 0.5) is 0 Å². The average molecular weight is 870 g/mol. The van der Waals surface area contributed by atoms with Gasteiger partial charge in [0.25, 0.3) is 0 Å². The Balaban J connectivity index is 1.45. The Kier molecular flexibility index (Phi) is 19.8. The molecular formula is C47H75N5O10. The van der Waals surface area contributed by atoms with E-state index in [0.717, 1.165) is 37.7 Å². The zero-order valence-electron chi connectivity index (χ0n) is 38.5. The second-order valence-electron chi connectivity index (χ2n) is 18.4. The number of methoxy groups -OCH3 is 2. The minimum absolute atomic E-state index is 0.0218. The molecule has 0 aromatic heterocycles. The number of nitrogens with two attached hydrogens (primary N) is 1. The molecule has 0 radical (unpaired) electrons. The number of likely N-dealkylation sites (N-methyl/N-ethyl adjacent to an activating group) is 1. The van der Waals surface area contributed by atoms with Crippen LogP contribution >= 0.6 is 0 Å². The quantitative estimate of drug-likeness (QED) is 0.0856. The number of carboxylic acids is 1. The molecule has 15 nitrogen and oxygen atoms in total. The zero-order valence-corrected chi connectivity index (χ0v) is 38.5. The number of likely N-dealkylation sites (tertiary alicyclic amines) is 2. The molecule has 0 spiro atoms. The van der Waals surface area contributed by atoms with Crippen LogP contribution in [0.2, 0.25) is 0 Å². The number of unbranched alkanes of at least 4 members (excludes halogenated alkanes) is 2. The maximum absolute atomic E-state index is 14.6. The van der Waals surface area contributed by atoms with E-state index in [1.165, 1.54) is 14.2 Å². The van der Waals surface area contributed by atoms with Crippen LogP contribution in [0.3, 0.4) is 0 Å². The molecule has 62 heavy (non-hydrogen) atoms. The standard InChI is InChI=1S/C47H75N5O10/c1-9-30(4)42(50(6)46(57)41(29(2)3)49-45(56)43-33-21-22-35(26-33)52(43)39(54)20-14-11-15-24-62-48)38(60-7)28-40(55)51-23-16-19-36(51)44(61-8)31(5)37(53)27-34(47(58)59)25-32-17-12-10-13-18-32/h10,12-13,17-18,29-31,33-36,38,41-44H,9,11,14-16,19-28,48H2,1-8H3,(H,49,56)(H,58,59)/t30-,31-,33-,34+,35-,36-,38+,41-,42-,43-,44+/m0/s1. The van der Waals surface area contributed by atoms with Gasteiger partial charge in [0.1, 0.15) is 17.9 Å². The number of Topliss-reactive ketones (excluding diaryl/α,β-unsaturated/α-hetero) is 1. The number of hydrogen-bond donors (Lipinski definition) is 3.